The van der Waals surface area contributed by atoms with Crippen molar-refractivity contribution in [3.05, 3.63) is 231 Å². The summed E-state index contributed by atoms with van der Waals surface area (Å²) in [6, 6.07) is 51.5. The molecule has 5 aromatic carbocycles. The Morgan fingerprint density at radius 2 is 0.968 bits per heavy atom. The Bertz CT molecular complexity index is 3870. The molecule has 5 N–H and O–H groups in total. The molecule has 0 spiro atoms. The van der Waals surface area contributed by atoms with E-state index in [1.807, 2.05) is 95.9 Å². The van der Waals surface area contributed by atoms with E-state index >= 15 is 0 Å². The van der Waals surface area contributed by atoms with Gasteiger partial charge in [-0.05, 0) is 243 Å². The minimum absolute atomic E-state index is 0.0574. The highest BCUT2D eigenvalue weighted by Gasteiger charge is 2.34. The van der Waals surface area contributed by atoms with Gasteiger partial charge >= 0.3 is 13.1 Å². The van der Waals surface area contributed by atoms with E-state index in [2.05, 4.69) is 77.9 Å². The lowest BCUT2D eigenvalue weighted by molar-refractivity contribution is -0.141. The van der Waals surface area contributed by atoms with Crippen molar-refractivity contribution in [2.75, 3.05) is 68.8 Å². The number of hydrogen-bond donors (Lipinski definition) is 5. The molecule has 0 saturated carbocycles. The molecule has 4 atom stereocenters. The van der Waals surface area contributed by atoms with Crippen LogP contribution in [0.25, 0.3) is 33.8 Å². The number of aromatic nitrogens is 4. The average Bonchev–Trinajstić information content (AvgIpc) is 1.97. The monoisotopic (exact) mass is 1460 g/mol. The first-order valence-corrected chi connectivity index (χ1v) is 32.4. The van der Waals surface area contributed by atoms with E-state index in [-0.39, 0.29) is 41.0 Å². The Labute approximate surface area is 561 Å². The molecular weight excluding hydrogens is 1400 g/mol. The highest BCUT2D eigenvalue weighted by atomic mass is 79.9. The van der Waals surface area contributed by atoms with Crippen LogP contribution in [0.15, 0.2) is 202 Å². The first-order valence-electron chi connectivity index (χ1n) is 30.0. The molecule has 0 unspecified atom stereocenters. The summed E-state index contributed by atoms with van der Waals surface area (Å²) in [7, 11) is -1.51. The summed E-state index contributed by atoms with van der Waals surface area (Å²) in [5.74, 6) is 0.308. The fraction of sp³-hybridized carbons (Fsp3) is 0.246. The summed E-state index contributed by atoms with van der Waals surface area (Å²) >= 11 is 9.73. The molecule has 3 fully saturated rings. The minimum Gasteiger partial charge on any atom is -0.486 e. The Morgan fingerprint density at radius 3 is 1.42 bits per heavy atom. The maximum Gasteiger partial charge on any atom is 0.488 e. The van der Waals surface area contributed by atoms with Gasteiger partial charge in [-0.1, -0.05) is 42.5 Å². The fourth-order valence-electron chi connectivity index (χ4n) is 10.6. The van der Waals surface area contributed by atoms with Gasteiger partial charge < -0.3 is 49.8 Å². The van der Waals surface area contributed by atoms with Gasteiger partial charge in [0.2, 0.25) is 5.91 Å². The van der Waals surface area contributed by atoms with Crippen molar-refractivity contribution in [3.8, 4) is 45.3 Å². The van der Waals surface area contributed by atoms with Gasteiger partial charge in [0.05, 0.1) is 35.0 Å². The van der Waals surface area contributed by atoms with Crippen molar-refractivity contribution < 1.29 is 56.9 Å². The molecule has 4 aromatic heterocycles. The van der Waals surface area contributed by atoms with Gasteiger partial charge in [0, 0.05) is 49.4 Å². The van der Waals surface area contributed by atoms with Crippen LogP contribution < -0.4 is 30.1 Å². The first kappa shape index (κ1) is 69.3. The van der Waals surface area contributed by atoms with Gasteiger partial charge in [0.25, 0.3) is 0 Å². The largest absolute Gasteiger partial charge is 0.488 e. The lowest BCUT2D eigenvalue weighted by atomic mass is 9.80. The molecule has 4 aliphatic rings. The number of amides is 1. The molecule has 4 aliphatic heterocycles. The fourth-order valence-corrected chi connectivity index (χ4v) is 11.8. The summed E-state index contributed by atoms with van der Waals surface area (Å²) in [4.78, 5) is 48.6. The Kier molecular flexibility index (Phi) is 25.4. The molecule has 8 heterocycles. The van der Waals surface area contributed by atoms with Crippen LogP contribution in [0.4, 0.5) is 29.2 Å². The number of benzene rings is 5. The third kappa shape index (κ3) is 20.7. The molecule has 16 nitrogen and oxygen atoms in total. The molecule has 24 heteroatoms. The zero-order valence-corrected chi connectivity index (χ0v) is 54.9. The molecule has 0 bridgehead atoms. The Balaban J connectivity index is 0.000000159. The van der Waals surface area contributed by atoms with E-state index in [0.717, 1.165) is 85.1 Å². The number of nitrogens with zero attached hydrogens (tertiary/aromatic N) is 7. The number of carbonyl (C=O) groups excluding carboxylic acids is 1. The molecular formula is C69H66BBr3F4N8O8. The van der Waals surface area contributed by atoms with Gasteiger partial charge in [-0.2, -0.15) is 0 Å². The number of halogens is 7. The summed E-state index contributed by atoms with van der Waals surface area (Å²) in [5, 5.41) is 40.8. The van der Waals surface area contributed by atoms with Crippen molar-refractivity contribution in [1.82, 2.24) is 30.2 Å². The van der Waals surface area contributed by atoms with Crippen LogP contribution in [-0.4, -0.2) is 129 Å². The van der Waals surface area contributed by atoms with Crippen molar-refractivity contribution in [1.29, 1.82) is 0 Å². The van der Waals surface area contributed by atoms with E-state index in [0.29, 0.717) is 81.3 Å². The molecule has 482 valence electrons. The molecule has 1 amide bonds. The Morgan fingerprint density at radius 1 is 0.538 bits per heavy atom. The van der Waals surface area contributed by atoms with Crippen LogP contribution in [0.2, 0.25) is 0 Å². The van der Waals surface area contributed by atoms with Crippen LogP contribution >= 0.6 is 47.8 Å². The number of pyridine rings is 4. The molecule has 93 heavy (non-hydrogen) atoms. The number of aliphatic hydroxyl groups excluding tert-OH is 1. The highest BCUT2D eigenvalue weighted by Crippen LogP contribution is 2.35. The standard InChI is InChI=1S/C31H35FN4O4.C16H15FN2O2.C11H7BrFN.C6H6BFO2.C5H3Br2N/c32-24-9-6-21(7-10-24)25-4-3-5-29(33-25)36-15-12-23(19-36)31(38)34-26(20-35-13-1-2-14-35)30(37)22-8-11-27-28(18-22)40-17-16-39-27;17-13-6-4-11(5-7-13)14-2-1-3-15(18-14)19-9-8-12(10-19)16(20)21;12-11-3-1-2-10(14-11)8-4-6-9(13)7-5-8;8-6-3-1-5(2-4-6)7(9)10;6-4-2-1-3-5(7)8-4/h3-11,18,23,26,30,37H,1-2,12-17,19-20H2,(H,34,38);1-7,12H,8-10H2,(H,20,21);1-7H;1-4,9-10H;1-3H/t23-,26-,30-;12-;;;/m11.../s1. The zero-order valence-electron chi connectivity index (χ0n) is 50.2. The number of carboxylic acids is 1. The van der Waals surface area contributed by atoms with Crippen molar-refractivity contribution >= 4 is 83.9 Å². The minimum atomic E-state index is -1.51. The van der Waals surface area contributed by atoms with E-state index < -0.39 is 25.2 Å². The zero-order chi connectivity index (χ0) is 65.8. The number of carbonyl (C=O) groups is 2. The van der Waals surface area contributed by atoms with Gasteiger partial charge in [-0.15, -0.1) is 0 Å². The molecule has 9 aromatic rings. The predicted molar refractivity (Wildman–Crippen MR) is 361 cm³/mol. The van der Waals surface area contributed by atoms with Gasteiger partial charge in [0.15, 0.2) is 11.5 Å². The second-order valence-corrected chi connectivity index (χ2v) is 24.4. The average molecular weight is 1460 g/mol. The second-order valence-electron chi connectivity index (χ2n) is 22.0. The Hall–Kier alpha value is -8.10. The van der Waals surface area contributed by atoms with Crippen LogP contribution in [0.3, 0.4) is 0 Å². The normalized spacial score (nSPS) is 16.2. The van der Waals surface area contributed by atoms with E-state index in [1.165, 1.54) is 60.7 Å². The van der Waals surface area contributed by atoms with Gasteiger partial charge in [0.1, 0.15) is 68.0 Å². The third-order valence-electron chi connectivity index (χ3n) is 15.5. The number of carboxylic acid groups (broad SMARTS) is 1. The molecule has 0 radical (unpaired) electrons. The van der Waals surface area contributed by atoms with E-state index in [4.69, 9.17) is 29.6 Å². The first-order chi connectivity index (χ1) is 44.9. The number of anilines is 2. The topological polar surface area (TPSA) is 207 Å². The second kappa shape index (κ2) is 34.2. The highest BCUT2D eigenvalue weighted by molar-refractivity contribution is 9.11. The summed E-state index contributed by atoms with van der Waals surface area (Å²) in [6.45, 7) is 5.92. The number of ether oxygens (including phenoxy) is 2. The number of fused-ring (bicyclic) bond motifs is 1. The summed E-state index contributed by atoms with van der Waals surface area (Å²) in [6.07, 6.45) is 2.71. The van der Waals surface area contributed by atoms with E-state index in [9.17, 15) is 32.3 Å². The quantitative estimate of drug-likeness (QED) is 0.0413. The summed E-state index contributed by atoms with van der Waals surface area (Å²) < 4.78 is 65.0. The van der Waals surface area contributed by atoms with Crippen LogP contribution in [0, 0.1) is 35.1 Å². The van der Waals surface area contributed by atoms with Crippen molar-refractivity contribution in [2.45, 2.75) is 37.8 Å². The molecule has 3 saturated heterocycles. The SMILES string of the molecule is Brc1cccc(Br)n1.Fc1ccc(-c2cccc(Br)n2)cc1.O=C(N[C@H](CN1CCCC1)[C@H](O)c1ccc2c(c1)OCCO2)[C@@H]1CCN(c2cccc(-c3ccc(F)cc3)n2)C1.O=C(O)[C@@H]1CCN(c2cccc(-c3ccc(F)cc3)n2)C1.OB(O)c1ccc(F)cc1. The van der Waals surface area contributed by atoms with E-state index in [1.54, 1.807) is 36.4 Å². The van der Waals surface area contributed by atoms with Crippen LogP contribution in [0.5, 0.6) is 11.5 Å². The molecule has 0 aliphatic carbocycles. The maximum absolute atomic E-state index is 13.5. The number of likely N-dealkylation sites (tertiary alicyclic amines) is 1. The lowest BCUT2D eigenvalue weighted by Gasteiger charge is -2.30. The predicted octanol–water partition coefficient (Wildman–Crippen LogP) is 12.4. The van der Waals surface area contributed by atoms with Crippen LogP contribution in [0.1, 0.15) is 37.4 Å². The van der Waals surface area contributed by atoms with Gasteiger partial charge in [-0.25, -0.2) is 37.5 Å². The number of hydrogen-bond acceptors (Lipinski definition) is 14. The maximum atomic E-state index is 13.5. The van der Waals surface area contributed by atoms with Crippen molar-refractivity contribution in [2.24, 2.45) is 11.8 Å². The number of aliphatic carboxylic acids is 1. The summed E-state index contributed by atoms with van der Waals surface area (Å²) in [5.41, 5.74) is 5.93. The molecule has 13 rings (SSSR count). The number of aliphatic hydroxyl groups is 1. The third-order valence-corrected chi connectivity index (χ3v) is 16.8. The van der Waals surface area contributed by atoms with Crippen molar-refractivity contribution in [3.63, 3.8) is 0 Å². The number of nitrogens with one attached hydrogen (secondary N) is 1. The van der Waals surface area contributed by atoms with Gasteiger partial charge in [-0.3, -0.25) is 9.59 Å². The smallest absolute Gasteiger partial charge is 0.486 e. The number of rotatable bonds is 13. The van der Waals surface area contributed by atoms with Crippen LogP contribution in [-0.2, 0) is 9.59 Å². The lowest BCUT2D eigenvalue weighted by Crippen LogP contribution is -2.48.